The standard InChI is InChI=1S/C27H26N5O7P/c1-14(2)15-8-10-17(11-9-15)23-29-20-24(32(23)26-21(33)22-19(38-26)13-37-40(35,36)39-22)30-27-28-18(12-31(27)25(20)34)16-6-4-3-5-7-16/h3-12,14,19,21-22,26,33H,13H2,1-2H3,(H,28,30)(H,35,36)/p-1/t19?,21?,22-,26-/m1/s1. The number of aliphatic hydroxyl groups excluding tert-OH is 1. The van der Waals surface area contributed by atoms with Crippen LogP contribution in [-0.2, 0) is 18.3 Å². The Kier molecular flexibility index (Phi) is 5.83. The van der Waals surface area contributed by atoms with Crippen LogP contribution in [0.15, 0.2) is 65.6 Å². The Morgan fingerprint density at radius 2 is 1.85 bits per heavy atom. The van der Waals surface area contributed by atoms with Crippen LogP contribution in [0.1, 0.15) is 31.6 Å². The van der Waals surface area contributed by atoms with Crippen LogP contribution in [0.3, 0.4) is 0 Å². The smallest absolute Gasteiger partial charge is 0.287 e. The molecule has 0 amide bonds. The average Bonchev–Trinajstić information content (AvgIpc) is 3.63. The van der Waals surface area contributed by atoms with Crippen molar-refractivity contribution in [3.8, 4) is 22.6 Å². The number of ether oxygens (including phenoxy) is 1. The molecule has 13 heteroatoms. The van der Waals surface area contributed by atoms with Gasteiger partial charge in [0.05, 0.1) is 12.3 Å². The highest BCUT2D eigenvalue weighted by Gasteiger charge is 2.51. The fraction of sp³-hybridized carbons (Fsp3) is 0.296. The topological polar surface area (TPSA) is 156 Å². The van der Waals surface area contributed by atoms with Crippen molar-refractivity contribution in [3.63, 3.8) is 0 Å². The summed E-state index contributed by atoms with van der Waals surface area (Å²) in [5, 5.41) is 11.2. The molecule has 0 aliphatic carbocycles. The van der Waals surface area contributed by atoms with Gasteiger partial charge < -0.3 is 28.8 Å². The van der Waals surface area contributed by atoms with E-state index in [1.54, 1.807) is 6.20 Å². The molecule has 2 fully saturated rings. The Balaban J connectivity index is 1.43. The van der Waals surface area contributed by atoms with Crippen LogP contribution in [-0.4, -0.2) is 53.9 Å². The Hall–Kier alpha value is -3.64. The number of hydrogen-bond acceptors (Lipinski definition) is 9. The molecule has 5 aromatic rings. The molecule has 0 saturated carbocycles. The number of imidazole rings is 2. The SMILES string of the molecule is CC(C)c1ccc(-c2nc3c(=O)n4cc(-c5ccccc5)[nH]c4nc3n2[C@@H]2OC3COP(=O)([O-])O[C@H]3C2O)cc1. The number of nitrogens with zero attached hydrogens (tertiary/aromatic N) is 4. The number of benzene rings is 2. The summed E-state index contributed by atoms with van der Waals surface area (Å²) < 4.78 is 30.8. The molecule has 0 radical (unpaired) electrons. The minimum Gasteiger partial charge on any atom is -0.756 e. The van der Waals surface area contributed by atoms with Gasteiger partial charge in [0, 0.05) is 11.8 Å². The van der Waals surface area contributed by atoms with Gasteiger partial charge in [-0.1, -0.05) is 68.4 Å². The van der Waals surface area contributed by atoms with Gasteiger partial charge in [-0.3, -0.25) is 13.9 Å². The third-order valence-corrected chi connectivity index (χ3v) is 8.35. The zero-order valence-corrected chi connectivity index (χ0v) is 22.4. The molecule has 2 N–H and O–H groups in total. The lowest BCUT2D eigenvalue weighted by Crippen LogP contribution is -2.41. The van der Waals surface area contributed by atoms with Crippen molar-refractivity contribution >= 4 is 24.8 Å². The molecule has 5 atom stereocenters. The van der Waals surface area contributed by atoms with Crippen LogP contribution in [0, 0.1) is 0 Å². The second kappa shape index (κ2) is 9.20. The van der Waals surface area contributed by atoms with Crippen LogP contribution in [0.25, 0.3) is 39.6 Å². The molecule has 0 spiro atoms. The quantitative estimate of drug-likeness (QED) is 0.314. The number of phosphoric ester groups is 1. The lowest BCUT2D eigenvalue weighted by atomic mass is 10.0. The number of aliphatic hydroxyl groups is 1. The van der Waals surface area contributed by atoms with Crippen LogP contribution in [0.2, 0.25) is 0 Å². The maximum absolute atomic E-state index is 13.7. The van der Waals surface area contributed by atoms with Crippen molar-refractivity contribution in [2.24, 2.45) is 0 Å². The van der Waals surface area contributed by atoms with Gasteiger partial charge in [-0.2, -0.15) is 4.98 Å². The molecule has 5 heterocycles. The molecule has 2 aliphatic heterocycles. The van der Waals surface area contributed by atoms with Crippen molar-refractivity contribution < 1.29 is 28.3 Å². The zero-order valence-electron chi connectivity index (χ0n) is 21.5. The van der Waals surface area contributed by atoms with E-state index in [1.165, 1.54) is 8.97 Å². The normalized spacial score (nSPS) is 26.6. The number of phosphoric acid groups is 1. The second-order valence-corrected chi connectivity index (χ2v) is 11.6. The zero-order chi connectivity index (χ0) is 27.8. The first kappa shape index (κ1) is 25.3. The number of nitrogens with one attached hydrogen (secondary N) is 1. The summed E-state index contributed by atoms with van der Waals surface area (Å²) in [6, 6.07) is 17.2. The summed E-state index contributed by atoms with van der Waals surface area (Å²) in [7, 11) is -4.59. The van der Waals surface area contributed by atoms with Gasteiger partial charge in [0.25, 0.3) is 13.4 Å². The lowest BCUT2D eigenvalue weighted by molar-refractivity contribution is -0.245. The van der Waals surface area contributed by atoms with E-state index in [4.69, 9.17) is 18.8 Å². The summed E-state index contributed by atoms with van der Waals surface area (Å²) in [5.41, 5.74) is 3.17. The van der Waals surface area contributed by atoms with Gasteiger partial charge in [0.15, 0.2) is 17.4 Å². The minimum atomic E-state index is -4.59. The minimum absolute atomic E-state index is 0.0661. The van der Waals surface area contributed by atoms with E-state index in [2.05, 4.69) is 23.8 Å². The molecule has 12 nitrogen and oxygen atoms in total. The van der Waals surface area contributed by atoms with Crippen LogP contribution in [0.4, 0.5) is 0 Å². The predicted octanol–water partition coefficient (Wildman–Crippen LogP) is 2.97. The number of aromatic amines is 1. The fourth-order valence-corrected chi connectivity index (χ4v) is 6.25. The van der Waals surface area contributed by atoms with Crippen molar-refractivity contribution in [2.45, 2.75) is 44.3 Å². The van der Waals surface area contributed by atoms with Gasteiger partial charge >= 0.3 is 0 Å². The third-order valence-electron chi connectivity index (χ3n) is 7.38. The van der Waals surface area contributed by atoms with Gasteiger partial charge in [0.2, 0.25) is 5.78 Å². The molecule has 3 aromatic heterocycles. The first-order valence-corrected chi connectivity index (χ1v) is 14.3. The lowest BCUT2D eigenvalue weighted by Gasteiger charge is -2.34. The van der Waals surface area contributed by atoms with Gasteiger partial charge in [-0.05, 0) is 17.0 Å². The van der Waals surface area contributed by atoms with Crippen molar-refractivity contribution in [3.05, 3.63) is 76.7 Å². The average molecular weight is 562 g/mol. The highest BCUT2D eigenvalue weighted by atomic mass is 31.2. The van der Waals surface area contributed by atoms with Gasteiger partial charge in [0.1, 0.15) is 24.1 Å². The first-order chi connectivity index (χ1) is 19.2. The summed E-state index contributed by atoms with van der Waals surface area (Å²) >= 11 is 0. The number of fused-ring (bicyclic) bond motifs is 3. The van der Waals surface area contributed by atoms with Crippen molar-refractivity contribution in [1.29, 1.82) is 0 Å². The summed E-state index contributed by atoms with van der Waals surface area (Å²) in [6.45, 7) is 3.87. The number of H-pyrrole nitrogens is 1. The molecule has 206 valence electrons. The van der Waals surface area contributed by atoms with Crippen molar-refractivity contribution in [2.75, 3.05) is 6.61 Å². The van der Waals surface area contributed by atoms with E-state index in [9.17, 15) is 19.4 Å². The largest absolute Gasteiger partial charge is 0.756 e. The van der Waals surface area contributed by atoms with Crippen LogP contribution in [0.5, 0.6) is 0 Å². The number of hydrogen-bond donors (Lipinski definition) is 2. The molecule has 2 aromatic carbocycles. The number of aromatic nitrogens is 5. The molecule has 2 aliphatic rings. The first-order valence-electron chi connectivity index (χ1n) is 12.9. The Labute approximate surface area is 227 Å². The van der Waals surface area contributed by atoms with E-state index >= 15 is 0 Å². The van der Waals surface area contributed by atoms with E-state index in [0.29, 0.717) is 23.0 Å². The molecule has 2 saturated heterocycles. The summed E-state index contributed by atoms with van der Waals surface area (Å²) in [6.07, 6.45) is -2.94. The van der Waals surface area contributed by atoms with Crippen LogP contribution >= 0.6 is 7.82 Å². The Bertz CT molecular complexity index is 1850. The molecule has 40 heavy (non-hydrogen) atoms. The highest BCUT2D eigenvalue weighted by Crippen LogP contribution is 2.50. The van der Waals surface area contributed by atoms with Gasteiger partial charge in [-0.25, -0.2) is 9.38 Å². The predicted molar refractivity (Wildman–Crippen MR) is 142 cm³/mol. The maximum atomic E-state index is 13.7. The Morgan fingerprint density at radius 3 is 2.58 bits per heavy atom. The third kappa shape index (κ3) is 4.03. The summed E-state index contributed by atoms with van der Waals surface area (Å²) in [5.74, 6) is 0.912. The molecule has 0 bridgehead atoms. The summed E-state index contributed by atoms with van der Waals surface area (Å²) in [4.78, 5) is 38.3. The molecule has 3 unspecified atom stereocenters. The Morgan fingerprint density at radius 1 is 1.10 bits per heavy atom. The van der Waals surface area contributed by atoms with Crippen molar-refractivity contribution in [1.82, 2.24) is 23.9 Å². The second-order valence-electron chi connectivity index (χ2n) is 10.3. The highest BCUT2D eigenvalue weighted by molar-refractivity contribution is 7.45. The molecule has 7 rings (SSSR count). The maximum Gasteiger partial charge on any atom is 0.287 e. The van der Waals surface area contributed by atoms with E-state index in [-0.39, 0.29) is 23.5 Å². The monoisotopic (exact) mass is 562 g/mol. The van der Waals surface area contributed by atoms with Crippen LogP contribution < -0.4 is 10.5 Å². The number of rotatable bonds is 4. The van der Waals surface area contributed by atoms with E-state index in [1.807, 2.05) is 54.6 Å². The molecular weight excluding hydrogens is 537 g/mol. The molecular formula is C27H25N5O7P-. The van der Waals surface area contributed by atoms with E-state index < -0.39 is 37.9 Å². The van der Waals surface area contributed by atoms with Gasteiger partial charge in [-0.15, -0.1) is 0 Å². The fourth-order valence-electron chi connectivity index (χ4n) is 5.30. The van der Waals surface area contributed by atoms with E-state index in [0.717, 1.165) is 11.1 Å².